The van der Waals surface area contributed by atoms with Crippen LogP contribution in [0.3, 0.4) is 0 Å². The van der Waals surface area contributed by atoms with Crippen LogP contribution in [0.15, 0.2) is 24.3 Å². The van der Waals surface area contributed by atoms with Crippen molar-refractivity contribution >= 4 is 0 Å². The van der Waals surface area contributed by atoms with Gasteiger partial charge in [-0.05, 0) is 31.6 Å². The molecule has 3 nitrogen and oxygen atoms in total. The molecule has 0 bridgehead atoms. The number of hydrogen-bond donors (Lipinski definition) is 1. The Balaban J connectivity index is 1.69. The van der Waals surface area contributed by atoms with Crippen molar-refractivity contribution in [3.05, 3.63) is 29.8 Å². The first kappa shape index (κ1) is 13.4. The number of fused-ring (bicyclic) bond motifs is 1. The van der Waals surface area contributed by atoms with Crippen LogP contribution in [0.2, 0.25) is 0 Å². The van der Waals surface area contributed by atoms with Crippen LogP contribution in [-0.4, -0.2) is 44.2 Å². The van der Waals surface area contributed by atoms with Gasteiger partial charge in [-0.2, -0.15) is 0 Å². The summed E-state index contributed by atoms with van der Waals surface area (Å²) in [5.41, 5.74) is 1.35. The zero-order chi connectivity index (χ0) is 12.8. The quantitative estimate of drug-likeness (QED) is 0.746. The highest BCUT2D eigenvalue weighted by Crippen LogP contribution is 2.28. The SMILES string of the molecule is CCCNCCN(C)CC1Cc2ccccc2O1. The number of ether oxygens (including phenoxy) is 1. The van der Waals surface area contributed by atoms with Gasteiger partial charge in [-0.3, -0.25) is 0 Å². The maximum atomic E-state index is 5.94. The fraction of sp³-hybridized carbons (Fsp3) is 0.600. The van der Waals surface area contributed by atoms with Crippen molar-refractivity contribution < 1.29 is 4.74 Å². The first-order valence-electron chi connectivity index (χ1n) is 6.93. The monoisotopic (exact) mass is 248 g/mol. The van der Waals surface area contributed by atoms with Gasteiger partial charge < -0.3 is 15.0 Å². The van der Waals surface area contributed by atoms with Gasteiger partial charge in [-0.25, -0.2) is 0 Å². The van der Waals surface area contributed by atoms with E-state index in [0.29, 0.717) is 6.10 Å². The van der Waals surface area contributed by atoms with Crippen molar-refractivity contribution in [2.24, 2.45) is 0 Å². The van der Waals surface area contributed by atoms with Crippen LogP contribution in [0.4, 0.5) is 0 Å². The van der Waals surface area contributed by atoms with Gasteiger partial charge in [-0.15, -0.1) is 0 Å². The van der Waals surface area contributed by atoms with Crippen molar-refractivity contribution in [1.82, 2.24) is 10.2 Å². The van der Waals surface area contributed by atoms with Crippen LogP contribution >= 0.6 is 0 Å². The average molecular weight is 248 g/mol. The fourth-order valence-electron chi connectivity index (χ4n) is 2.37. The topological polar surface area (TPSA) is 24.5 Å². The fourth-order valence-corrected chi connectivity index (χ4v) is 2.37. The number of nitrogens with zero attached hydrogens (tertiary/aromatic N) is 1. The average Bonchev–Trinajstić information content (AvgIpc) is 2.76. The molecule has 0 fully saturated rings. The molecular weight excluding hydrogens is 224 g/mol. The summed E-state index contributed by atoms with van der Waals surface area (Å²) in [5, 5.41) is 3.43. The highest BCUT2D eigenvalue weighted by molar-refractivity contribution is 5.37. The first-order valence-corrected chi connectivity index (χ1v) is 6.93. The number of nitrogens with one attached hydrogen (secondary N) is 1. The van der Waals surface area contributed by atoms with Crippen LogP contribution in [-0.2, 0) is 6.42 Å². The molecule has 0 saturated heterocycles. The number of rotatable bonds is 7. The molecule has 0 saturated carbocycles. The molecule has 2 rings (SSSR count). The van der Waals surface area contributed by atoms with E-state index in [-0.39, 0.29) is 0 Å². The highest BCUT2D eigenvalue weighted by Gasteiger charge is 2.23. The van der Waals surface area contributed by atoms with Gasteiger partial charge in [0.2, 0.25) is 0 Å². The lowest BCUT2D eigenvalue weighted by atomic mass is 10.1. The largest absolute Gasteiger partial charge is 0.488 e. The third kappa shape index (κ3) is 3.72. The molecule has 1 aromatic carbocycles. The minimum absolute atomic E-state index is 0.318. The van der Waals surface area contributed by atoms with E-state index in [0.717, 1.165) is 38.3 Å². The van der Waals surface area contributed by atoms with Crippen molar-refractivity contribution in [2.75, 3.05) is 33.2 Å². The van der Waals surface area contributed by atoms with E-state index in [1.165, 1.54) is 12.0 Å². The molecule has 1 heterocycles. The molecule has 0 amide bonds. The molecule has 1 aliphatic heterocycles. The van der Waals surface area contributed by atoms with E-state index in [4.69, 9.17) is 4.74 Å². The van der Waals surface area contributed by atoms with E-state index in [2.05, 4.69) is 42.4 Å². The number of benzene rings is 1. The summed E-state index contributed by atoms with van der Waals surface area (Å²) in [4.78, 5) is 2.35. The molecule has 0 aromatic heterocycles. The van der Waals surface area contributed by atoms with Crippen LogP contribution in [0.1, 0.15) is 18.9 Å². The van der Waals surface area contributed by atoms with Gasteiger partial charge in [0.15, 0.2) is 0 Å². The molecule has 18 heavy (non-hydrogen) atoms. The molecule has 1 N–H and O–H groups in total. The van der Waals surface area contributed by atoms with Crippen molar-refractivity contribution in [1.29, 1.82) is 0 Å². The predicted molar refractivity (Wildman–Crippen MR) is 75.2 cm³/mol. The van der Waals surface area contributed by atoms with Gasteiger partial charge in [-0.1, -0.05) is 25.1 Å². The smallest absolute Gasteiger partial charge is 0.123 e. The summed E-state index contributed by atoms with van der Waals surface area (Å²) in [7, 11) is 2.17. The number of likely N-dealkylation sites (N-methyl/N-ethyl adjacent to an activating group) is 1. The molecule has 1 unspecified atom stereocenters. The molecule has 1 atom stereocenters. The van der Waals surface area contributed by atoms with E-state index in [1.54, 1.807) is 0 Å². The molecule has 3 heteroatoms. The van der Waals surface area contributed by atoms with E-state index in [1.807, 2.05) is 6.07 Å². The molecular formula is C15H24N2O. The van der Waals surface area contributed by atoms with Crippen LogP contribution in [0, 0.1) is 0 Å². The summed E-state index contributed by atoms with van der Waals surface area (Å²) in [6, 6.07) is 8.36. The van der Waals surface area contributed by atoms with Gasteiger partial charge in [0.25, 0.3) is 0 Å². The highest BCUT2D eigenvalue weighted by atomic mass is 16.5. The standard InChI is InChI=1S/C15H24N2O/c1-3-8-16-9-10-17(2)12-14-11-13-6-4-5-7-15(13)18-14/h4-7,14,16H,3,8-12H2,1-2H3. The lowest BCUT2D eigenvalue weighted by Crippen LogP contribution is -2.36. The zero-order valence-corrected chi connectivity index (χ0v) is 11.5. The van der Waals surface area contributed by atoms with Crippen LogP contribution < -0.4 is 10.1 Å². The van der Waals surface area contributed by atoms with E-state index < -0.39 is 0 Å². The van der Waals surface area contributed by atoms with Crippen LogP contribution in [0.25, 0.3) is 0 Å². The molecule has 0 spiro atoms. The maximum absolute atomic E-state index is 5.94. The van der Waals surface area contributed by atoms with Crippen molar-refractivity contribution in [3.63, 3.8) is 0 Å². The lowest BCUT2D eigenvalue weighted by molar-refractivity contribution is 0.169. The molecule has 0 aliphatic carbocycles. The Kier molecular flexibility index (Phi) is 5.02. The Bertz CT molecular complexity index is 342. The van der Waals surface area contributed by atoms with Gasteiger partial charge in [0.1, 0.15) is 11.9 Å². The minimum Gasteiger partial charge on any atom is -0.488 e. The van der Waals surface area contributed by atoms with E-state index in [9.17, 15) is 0 Å². The Hall–Kier alpha value is -1.06. The number of para-hydroxylation sites is 1. The Morgan fingerprint density at radius 2 is 2.17 bits per heavy atom. The summed E-state index contributed by atoms with van der Waals surface area (Å²) in [5.74, 6) is 1.07. The lowest BCUT2D eigenvalue weighted by Gasteiger charge is -2.20. The summed E-state index contributed by atoms with van der Waals surface area (Å²) in [6.07, 6.45) is 2.56. The Morgan fingerprint density at radius 3 is 2.94 bits per heavy atom. The molecule has 0 radical (unpaired) electrons. The van der Waals surface area contributed by atoms with Crippen molar-refractivity contribution in [2.45, 2.75) is 25.9 Å². The normalized spacial score (nSPS) is 17.8. The number of hydrogen-bond acceptors (Lipinski definition) is 3. The maximum Gasteiger partial charge on any atom is 0.123 e. The minimum atomic E-state index is 0.318. The summed E-state index contributed by atoms with van der Waals surface area (Å²) < 4.78 is 5.94. The molecule has 1 aliphatic rings. The molecule has 100 valence electrons. The third-order valence-corrected chi connectivity index (χ3v) is 3.33. The Labute approximate surface area is 110 Å². The zero-order valence-electron chi connectivity index (χ0n) is 11.5. The van der Waals surface area contributed by atoms with Gasteiger partial charge >= 0.3 is 0 Å². The Morgan fingerprint density at radius 1 is 1.33 bits per heavy atom. The third-order valence-electron chi connectivity index (χ3n) is 3.33. The van der Waals surface area contributed by atoms with Gasteiger partial charge in [0, 0.05) is 26.1 Å². The summed E-state index contributed by atoms with van der Waals surface area (Å²) in [6.45, 7) is 6.45. The summed E-state index contributed by atoms with van der Waals surface area (Å²) >= 11 is 0. The second kappa shape index (κ2) is 6.76. The first-order chi connectivity index (χ1) is 8.79. The van der Waals surface area contributed by atoms with Crippen LogP contribution in [0.5, 0.6) is 5.75 Å². The van der Waals surface area contributed by atoms with Gasteiger partial charge in [0.05, 0.1) is 0 Å². The second-order valence-corrected chi connectivity index (χ2v) is 5.06. The van der Waals surface area contributed by atoms with Crippen molar-refractivity contribution in [3.8, 4) is 5.75 Å². The second-order valence-electron chi connectivity index (χ2n) is 5.06. The molecule has 1 aromatic rings. The predicted octanol–water partition coefficient (Wildman–Crippen LogP) is 1.92. The van der Waals surface area contributed by atoms with E-state index >= 15 is 0 Å².